The van der Waals surface area contributed by atoms with E-state index < -0.39 is 0 Å². The molecule has 0 spiro atoms. The van der Waals surface area contributed by atoms with Crippen LogP contribution in [0.3, 0.4) is 0 Å². The lowest BCUT2D eigenvalue weighted by Gasteiger charge is -2.01. The second-order valence-corrected chi connectivity index (χ2v) is 4.25. The number of nitrogens with zero attached hydrogens (tertiary/aromatic N) is 4. The molecule has 0 aliphatic carbocycles. The van der Waals surface area contributed by atoms with Gasteiger partial charge in [-0.25, -0.2) is 14.6 Å². The van der Waals surface area contributed by atoms with E-state index >= 15 is 0 Å². The van der Waals surface area contributed by atoms with Gasteiger partial charge in [0.25, 0.3) is 0 Å². The van der Waals surface area contributed by atoms with Gasteiger partial charge >= 0.3 is 0 Å². The molecular formula is C11H7BrN4. The average Bonchev–Trinajstić information content (AvgIpc) is 2.74. The van der Waals surface area contributed by atoms with Crippen molar-refractivity contribution in [3.63, 3.8) is 0 Å². The number of rotatable bonds is 1. The van der Waals surface area contributed by atoms with E-state index in [-0.39, 0.29) is 0 Å². The lowest BCUT2D eigenvalue weighted by atomic mass is 10.3. The summed E-state index contributed by atoms with van der Waals surface area (Å²) in [5, 5.41) is 5.23. The minimum Gasteiger partial charge on any atom is -0.244 e. The first kappa shape index (κ1) is 9.47. The largest absolute Gasteiger partial charge is 0.244 e. The smallest absolute Gasteiger partial charge is 0.166 e. The zero-order valence-electron chi connectivity index (χ0n) is 8.21. The van der Waals surface area contributed by atoms with Crippen molar-refractivity contribution in [2.75, 3.05) is 0 Å². The van der Waals surface area contributed by atoms with Gasteiger partial charge < -0.3 is 0 Å². The van der Waals surface area contributed by atoms with E-state index in [1.54, 1.807) is 17.1 Å². The lowest BCUT2D eigenvalue weighted by Crippen LogP contribution is -1.96. The van der Waals surface area contributed by atoms with E-state index in [2.05, 4.69) is 31.0 Å². The Bertz CT molecular complexity index is 630. The molecule has 16 heavy (non-hydrogen) atoms. The van der Waals surface area contributed by atoms with E-state index in [9.17, 15) is 0 Å². The number of aromatic nitrogens is 4. The number of benzene rings is 1. The quantitative estimate of drug-likeness (QED) is 0.685. The molecule has 3 rings (SSSR count). The second kappa shape index (κ2) is 3.68. The van der Waals surface area contributed by atoms with Crippen LogP contribution in [-0.2, 0) is 0 Å². The Labute approximate surface area is 100 Å². The van der Waals surface area contributed by atoms with E-state index in [0.717, 1.165) is 21.2 Å². The molecule has 2 heterocycles. The van der Waals surface area contributed by atoms with Crippen LogP contribution in [0.1, 0.15) is 0 Å². The first-order valence-electron chi connectivity index (χ1n) is 4.74. The summed E-state index contributed by atoms with van der Waals surface area (Å²) in [5.41, 5.74) is 1.80. The Morgan fingerprint density at radius 2 is 1.88 bits per heavy atom. The summed E-state index contributed by atoms with van der Waals surface area (Å²) in [6.07, 6.45) is 5.04. The highest BCUT2D eigenvalue weighted by Gasteiger charge is 2.04. The van der Waals surface area contributed by atoms with Gasteiger partial charge in [0, 0.05) is 10.7 Å². The normalized spacial score (nSPS) is 10.8. The van der Waals surface area contributed by atoms with Crippen LogP contribution in [0.5, 0.6) is 0 Å². The third kappa shape index (κ3) is 1.49. The van der Waals surface area contributed by atoms with Gasteiger partial charge in [0.15, 0.2) is 5.65 Å². The monoisotopic (exact) mass is 274 g/mol. The summed E-state index contributed by atoms with van der Waals surface area (Å²) in [5.74, 6) is 0. The van der Waals surface area contributed by atoms with Crippen molar-refractivity contribution < 1.29 is 0 Å². The maximum absolute atomic E-state index is 4.29. The Morgan fingerprint density at radius 3 is 2.69 bits per heavy atom. The standard InChI is InChI=1S/C11H7BrN4/c12-9-1-3-10(4-2-9)16-11-8(6-15-16)5-13-7-14-11/h1-7H. The fourth-order valence-corrected chi connectivity index (χ4v) is 1.81. The molecule has 0 saturated carbocycles. The maximum Gasteiger partial charge on any atom is 0.166 e. The fourth-order valence-electron chi connectivity index (χ4n) is 1.55. The zero-order valence-corrected chi connectivity index (χ0v) is 9.79. The van der Waals surface area contributed by atoms with Crippen LogP contribution in [-0.4, -0.2) is 19.7 Å². The van der Waals surface area contributed by atoms with Crippen molar-refractivity contribution in [1.29, 1.82) is 0 Å². The van der Waals surface area contributed by atoms with E-state index in [1.807, 2.05) is 24.3 Å². The highest BCUT2D eigenvalue weighted by molar-refractivity contribution is 9.10. The second-order valence-electron chi connectivity index (χ2n) is 3.33. The summed E-state index contributed by atoms with van der Waals surface area (Å²) >= 11 is 3.40. The molecule has 0 aliphatic rings. The summed E-state index contributed by atoms with van der Waals surface area (Å²) in [6, 6.07) is 7.92. The van der Waals surface area contributed by atoms with Gasteiger partial charge in [-0.3, -0.25) is 0 Å². The molecule has 0 amide bonds. The molecule has 4 nitrogen and oxygen atoms in total. The van der Waals surface area contributed by atoms with Gasteiger partial charge in [0.2, 0.25) is 0 Å². The molecule has 0 bridgehead atoms. The summed E-state index contributed by atoms with van der Waals surface area (Å²) in [4.78, 5) is 8.18. The van der Waals surface area contributed by atoms with Crippen LogP contribution in [0, 0.1) is 0 Å². The molecule has 0 N–H and O–H groups in total. The third-order valence-electron chi connectivity index (χ3n) is 2.30. The van der Waals surface area contributed by atoms with Gasteiger partial charge in [0.1, 0.15) is 6.33 Å². The predicted octanol–water partition coefficient (Wildman–Crippen LogP) is 2.58. The van der Waals surface area contributed by atoms with Crippen molar-refractivity contribution in [1.82, 2.24) is 19.7 Å². The van der Waals surface area contributed by atoms with Crippen LogP contribution in [0.25, 0.3) is 16.7 Å². The predicted molar refractivity (Wildman–Crippen MR) is 64.4 cm³/mol. The summed E-state index contributed by atoms with van der Waals surface area (Å²) in [6.45, 7) is 0. The molecule has 5 heteroatoms. The molecular weight excluding hydrogens is 268 g/mol. The highest BCUT2D eigenvalue weighted by Crippen LogP contribution is 2.17. The van der Waals surface area contributed by atoms with Crippen molar-refractivity contribution >= 4 is 27.0 Å². The van der Waals surface area contributed by atoms with Gasteiger partial charge in [-0.15, -0.1) is 0 Å². The number of fused-ring (bicyclic) bond motifs is 1. The minimum atomic E-state index is 0.817. The molecule has 1 aromatic carbocycles. The number of hydrogen-bond donors (Lipinski definition) is 0. The number of hydrogen-bond acceptors (Lipinski definition) is 3. The van der Waals surface area contributed by atoms with E-state index in [1.165, 1.54) is 6.33 Å². The SMILES string of the molecule is Brc1ccc(-n2ncc3cncnc32)cc1. The molecule has 3 aromatic rings. The van der Waals surface area contributed by atoms with Gasteiger partial charge in [-0.1, -0.05) is 15.9 Å². The fraction of sp³-hybridized carbons (Fsp3) is 0. The summed E-state index contributed by atoms with van der Waals surface area (Å²) < 4.78 is 2.84. The highest BCUT2D eigenvalue weighted by atomic mass is 79.9. The Balaban J connectivity index is 2.22. The van der Waals surface area contributed by atoms with E-state index in [4.69, 9.17) is 0 Å². The van der Waals surface area contributed by atoms with Crippen LogP contribution >= 0.6 is 15.9 Å². The van der Waals surface area contributed by atoms with Crippen molar-refractivity contribution in [3.05, 3.63) is 47.5 Å². The molecule has 0 atom stereocenters. The van der Waals surface area contributed by atoms with E-state index in [0.29, 0.717) is 0 Å². The molecule has 78 valence electrons. The first-order chi connectivity index (χ1) is 7.84. The third-order valence-corrected chi connectivity index (χ3v) is 2.83. The van der Waals surface area contributed by atoms with Crippen LogP contribution in [0.4, 0.5) is 0 Å². The van der Waals surface area contributed by atoms with Gasteiger partial charge in [-0.2, -0.15) is 5.10 Å². The molecule has 0 radical (unpaired) electrons. The maximum atomic E-state index is 4.29. The zero-order chi connectivity index (χ0) is 11.0. The first-order valence-corrected chi connectivity index (χ1v) is 5.53. The van der Waals surface area contributed by atoms with Crippen LogP contribution in [0.15, 0.2) is 47.5 Å². The minimum absolute atomic E-state index is 0.817. The average molecular weight is 275 g/mol. The Morgan fingerprint density at radius 1 is 1.06 bits per heavy atom. The topological polar surface area (TPSA) is 43.6 Å². The van der Waals surface area contributed by atoms with Gasteiger partial charge in [-0.05, 0) is 24.3 Å². The van der Waals surface area contributed by atoms with Crippen molar-refractivity contribution in [2.24, 2.45) is 0 Å². The molecule has 0 fully saturated rings. The van der Waals surface area contributed by atoms with Crippen LogP contribution < -0.4 is 0 Å². The van der Waals surface area contributed by atoms with Gasteiger partial charge in [0.05, 0.1) is 17.3 Å². The number of halogens is 1. The van der Waals surface area contributed by atoms with Crippen LogP contribution in [0.2, 0.25) is 0 Å². The van der Waals surface area contributed by atoms with Crippen molar-refractivity contribution in [2.45, 2.75) is 0 Å². The van der Waals surface area contributed by atoms with Crippen molar-refractivity contribution in [3.8, 4) is 5.69 Å². The Kier molecular flexibility index (Phi) is 2.18. The lowest BCUT2D eigenvalue weighted by molar-refractivity contribution is 0.895. The molecule has 0 aliphatic heterocycles. The molecule has 0 unspecified atom stereocenters. The summed E-state index contributed by atoms with van der Waals surface area (Å²) in [7, 11) is 0. The molecule has 0 saturated heterocycles. The molecule has 2 aromatic heterocycles. The Hall–Kier alpha value is -1.75.